The quantitative estimate of drug-likeness (QED) is 0.801. The van der Waals surface area contributed by atoms with Gasteiger partial charge in [-0.1, -0.05) is 6.07 Å². The third kappa shape index (κ3) is 3.34. The van der Waals surface area contributed by atoms with Crippen molar-refractivity contribution in [3.8, 4) is 0 Å². The predicted octanol–water partition coefficient (Wildman–Crippen LogP) is 2.93. The van der Waals surface area contributed by atoms with Gasteiger partial charge in [-0.15, -0.1) is 12.4 Å². The number of ether oxygens (including phenoxy) is 1. The highest BCUT2D eigenvalue weighted by atomic mass is 35.5. The maximum absolute atomic E-state index is 12.9. The molecule has 2 nitrogen and oxygen atoms in total. The molecule has 1 aromatic carbocycles. The van der Waals surface area contributed by atoms with E-state index in [0.717, 1.165) is 12.1 Å². The number of alkyl halides is 3. The highest BCUT2D eigenvalue weighted by molar-refractivity contribution is 5.85. The molecule has 1 saturated heterocycles. The minimum Gasteiger partial charge on any atom is -0.378 e. The van der Waals surface area contributed by atoms with Crippen molar-refractivity contribution in [1.29, 1.82) is 0 Å². The Morgan fingerprint density at radius 3 is 2.56 bits per heavy atom. The van der Waals surface area contributed by atoms with Crippen LogP contribution in [-0.2, 0) is 10.9 Å². The zero-order chi connectivity index (χ0) is 12.5. The molecule has 0 bridgehead atoms. The summed E-state index contributed by atoms with van der Waals surface area (Å²) in [6.07, 6.45) is -4.56. The molecule has 0 aromatic heterocycles. The number of halogens is 5. The summed E-state index contributed by atoms with van der Waals surface area (Å²) in [5.41, 5.74) is -0.917. The maximum Gasteiger partial charge on any atom is 0.416 e. The van der Waals surface area contributed by atoms with Crippen LogP contribution >= 0.6 is 12.4 Å². The van der Waals surface area contributed by atoms with E-state index in [1.807, 2.05) is 0 Å². The first-order chi connectivity index (χ1) is 7.98. The van der Waals surface area contributed by atoms with Gasteiger partial charge >= 0.3 is 6.18 Å². The molecular formula is C11H12ClF4NO. The van der Waals surface area contributed by atoms with Gasteiger partial charge in [0.2, 0.25) is 0 Å². The molecule has 1 atom stereocenters. The molecule has 1 aromatic rings. The van der Waals surface area contributed by atoms with Crippen LogP contribution in [0.5, 0.6) is 0 Å². The van der Waals surface area contributed by atoms with Crippen LogP contribution in [0, 0.1) is 5.82 Å². The average Bonchev–Trinajstić information content (AvgIpc) is 2.29. The van der Waals surface area contributed by atoms with Gasteiger partial charge in [0.1, 0.15) is 5.82 Å². The Kier molecular flexibility index (Phi) is 4.95. The van der Waals surface area contributed by atoms with Crippen LogP contribution in [0.2, 0.25) is 0 Å². The van der Waals surface area contributed by atoms with Gasteiger partial charge in [-0.25, -0.2) is 4.39 Å². The fourth-order valence-electron chi connectivity index (χ4n) is 1.84. The lowest BCUT2D eigenvalue weighted by molar-refractivity contribution is -0.138. The Balaban J connectivity index is 0.00000162. The van der Waals surface area contributed by atoms with Crippen molar-refractivity contribution in [2.24, 2.45) is 0 Å². The highest BCUT2D eigenvalue weighted by Gasteiger charge is 2.36. The van der Waals surface area contributed by atoms with Crippen LogP contribution < -0.4 is 5.32 Å². The predicted molar refractivity (Wildman–Crippen MR) is 60.2 cm³/mol. The Morgan fingerprint density at radius 1 is 1.28 bits per heavy atom. The molecule has 1 N–H and O–H groups in total. The third-order valence-electron chi connectivity index (χ3n) is 2.62. The van der Waals surface area contributed by atoms with Crippen LogP contribution in [0.15, 0.2) is 18.2 Å². The van der Waals surface area contributed by atoms with Gasteiger partial charge < -0.3 is 10.1 Å². The van der Waals surface area contributed by atoms with E-state index in [9.17, 15) is 17.6 Å². The largest absolute Gasteiger partial charge is 0.416 e. The molecule has 0 amide bonds. The SMILES string of the molecule is Cl.Fc1ccc([C@H]2COCCN2)c(C(F)(F)F)c1. The van der Waals surface area contributed by atoms with E-state index in [-0.39, 0.29) is 24.6 Å². The smallest absolute Gasteiger partial charge is 0.378 e. The summed E-state index contributed by atoms with van der Waals surface area (Å²) in [7, 11) is 0. The van der Waals surface area contributed by atoms with Crippen LogP contribution in [0.25, 0.3) is 0 Å². The summed E-state index contributed by atoms with van der Waals surface area (Å²) in [6.45, 7) is 1.12. The van der Waals surface area contributed by atoms with Crippen molar-refractivity contribution in [2.75, 3.05) is 19.8 Å². The molecular weight excluding hydrogens is 274 g/mol. The molecule has 0 unspecified atom stereocenters. The zero-order valence-electron chi connectivity index (χ0n) is 9.26. The van der Waals surface area contributed by atoms with Crippen LogP contribution in [0.3, 0.4) is 0 Å². The lowest BCUT2D eigenvalue weighted by Crippen LogP contribution is -2.35. The standard InChI is InChI=1S/C11H11F4NO.ClH/c12-7-1-2-8(9(5-7)11(13,14)15)10-6-17-4-3-16-10;/h1-2,5,10,16H,3-4,6H2;1H/t10-;/m1./s1. The van der Waals surface area contributed by atoms with Crippen molar-refractivity contribution in [2.45, 2.75) is 12.2 Å². The van der Waals surface area contributed by atoms with Gasteiger partial charge in [0.05, 0.1) is 24.8 Å². The summed E-state index contributed by atoms with van der Waals surface area (Å²) >= 11 is 0. The van der Waals surface area contributed by atoms with Crippen molar-refractivity contribution in [3.05, 3.63) is 35.1 Å². The molecule has 2 rings (SSSR count). The summed E-state index contributed by atoms with van der Waals surface area (Å²) in [4.78, 5) is 0. The Hall–Kier alpha value is -0.850. The normalized spacial score (nSPS) is 20.3. The van der Waals surface area contributed by atoms with Crippen LogP contribution in [0.1, 0.15) is 17.2 Å². The van der Waals surface area contributed by atoms with Gasteiger partial charge in [-0.05, 0) is 17.7 Å². The lowest BCUT2D eigenvalue weighted by Gasteiger charge is -2.26. The molecule has 1 heterocycles. The highest BCUT2D eigenvalue weighted by Crippen LogP contribution is 2.35. The van der Waals surface area contributed by atoms with Crippen LogP contribution in [-0.4, -0.2) is 19.8 Å². The van der Waals surface area contributed by atoms with E-state index < -0.39 is 23.6 Å². The fourth-order valence-corrected chi connectivity index (χ4v) is 1.84. The molecule has 1 aliphatic rings. The number of benzene rings is 1. The van der Waals surface area contributed by atoms with E-state index in [4.69, 9.17) is 4.74 Å². The van der Waals surface area contributed by atoms with Crippen molar-refractivity contribution in [1.82, 2.24) is 5.32 Å². The summed E-state index contributed by atoms with van der Waals surface area (Å²) in [6, 6.07) is 2.16. The number of hydrogen-bond donors (Lipinski definition) is 1. The first kappa shape index (κ1) is 15.2. The van der Waals surface area contributed by atoms with E-state index >= 15 is 0 Å². The van der Waals surface area contributed by atoms with Gasteiger partial charge in [-0.3, -0.25) is 0 Å². The second kappa shape index (κ2) is 5.86. The molecule has 18 heavy (non-hydrogen) atoms. The van der Waals surface area contributed by atoms with Gasteiger partial charge in [0.15, 0.2) is 0 Å². The average molecular weight is 286 g/mol. The van der Waals surface area contributed by atoms with Crippen molar-refractivity contribution < 1.29 is 22.3 Å². The van der Waals surface area contributed by atoms with Gasteiger partial charge in [-0.2, -0.15) is 13.2 Å². The van der Waals surface area contributed by atoms with Gasteiger partial charge in [0.25, 0.3) is 0 Å². The second-order valence-corrected chi connectivity index (χ2v) is 3.81. The van der Waals surface area contributed by atoms with Crippen molar-refractivity contribution in [3.63, 3.8) is 0 Å². The Labute approximate surface area is 108 Å². The number of morpholine rings is 1. The van der Waals surface area contributed by atoms with Crippen LogP contribution in [0.4, 0.5) is 17.6 Å². The second-order valence-electron chi connectivity index (χ2n) is 3.81. The number of nitrogens with one attached hydrogen (secondary N) is 1. The number of hydrogen-bond acceptors (Lipinski definition) is 2. The molecule has 0 saturated carbocycles. The lowest BCUT2D eigenvalue weighted by atomic mass is 9.99. The minimum atomic E-state index is -4.56. The third-order valence-corrected chi connectivity index (χ3v) is 2.62. The first-order valence-corrected chi connectivity index (χ1v) is 5.16. The Bertz CT molecular complexity index is 405. The molecule has 1 aliphatic heterocycles. The van der Waals surface area contributed by atoms with Gasteiger partial charge in [0, 0.05) is 6.54 Å². The maximum atomic E-state index is 12.9. The molecule has 0 spiro atoms. The monoisotopic (exact) mass is 285 g/mol. The summed E-state index contributed by atoms with van der Waals surface area (Å²) < 4.78 is 56.2. The molecule has 7 heteroatoms. The fraction of sp³-hybridized carbons (Fsp3) is 0.455. The summed E-state index contributed by atoms with van der Waals surface area (Å²) in [5, 5.41) is 2.92. The molecule has 0 radical (unpaired) electrons. The first-order valence-electron chi connectivity index (χ1n) is 5.16. The molecule has 0 aliphatic carbocycles. The van der Waals surface area contributed by atoms with E-state index in [2.05, 4.69) is 5.32 Å². The van der Waals surface area contributed by atoms with E-state index in [1.165, 1.54) is 0 Å². The Morgan fingerprint density at radius 2 is 2.00 bits per heavy atom. The topological polar surface area (TPSA) is 21.3 Å². The minimum absolute atomic E-state index is 0. The zero-order valence-corrected chi connectivity index (χ0v) is 10.1. The van der Waals surface area contributed by atoms with Crippen molar-refractivity contribution >= 4 is 12.4 Å². The number of rotatable bonds is 1. The molecule has 102 valence electrons. The van der Waals surface area contributed by atoms with E-state index in [1.54, 1.807) is 0 Å². The summed E-state index contributed by atoms with van der Waals surface area (Å²) in [5.74, 6) is -0.891. The van der Waals surface area contributed by atoms with E-state index in [0.29, 0.717) is 19.2 Å². The molecule has 1 fully saturated rings.